The number of aromatic nitrogens is 3. The van der Waals surface area contributed by atoms with Crippen molar-refractivity contribution in [2.24, 2.45) is 0 Å². The number of rotatable bonds is 7. The molecule has 0 aliphatic carbocycles. The van der Waals surface area contributed by atoms with Crippen molar-refractivity contribution >= 4 is 21.9 Å². The second-order valence-electron chi connectivity index (χ2n) is 11.8. The third kappa shape index (κ3) is 5.18. The van der Waals surface area contributed by atoms with Gasteiger partial charge in [0.2, 0.25) is 0 Å². The highest BCUT2D eigenvalue weighted by atomic mass is 16.3. The Balaban J connectivity index is 1.34. The molecule has 0 radical (unpaired) electrons. The smallest absolute Gasteiger partial charge is 0.160 e. The summed E-state index contributed by atoms with van der Waals surface area (Å²) in [5.41, 5.74) is 13.6. The molecule has 0 saturated heterocycles. The minimum Gasteiger partial charge on any atom is -0.455 e. The number of furan rings is 1. The zero-order valence-electron chi connectivity index (χ0n) is 26.4. The monoisotopic (exact) mass is 607 g/mol. The number of fused-ring (bicyclic) bond motifs is 3. The molecule has 0 fully saturated rings. The zero-order valence-corrected chi connectivity index (χ0v) is 26.4. The van der Waals surface area contributed by atoms with Gasteiger partial charge >= 0.3 is 0 Å². The molecule has 8 rings (SSSR count). The van der Waals surface area contributed by atoms with Crippen LogP contribution in [0, 0.1) is 0 Å². The van der Waals surface area contributed by atoms with Gasteiger partial charge < -0.3 is 4.42 Å². The molecule has 8 aromatic rings. The van der Waals surface area contributed by atoms with Crippen LogP contribution in [0.4, 0.5) is 0 Å². The van der Waals surface area contributed by atoms with Crippen molar-refractivity contribution < 1.29 is 4.42 Å². The Kier molecular flexibility index (Phi) is 7.39. The van der Waals surface area contributed by atoms with Crippen LogP contribution in [0.3, 0.4) is 0 Å². The van der Waals surface area contributed by atoms with Crippen molar-refractivity contribution in [1.82, 2.24) is 15.0 Å². The van der Waals surface area contributed by atoms with Gasteiger partial charge in [-0.1, -0.05) is 117 Å². The fourth-order valence-corrected chi connectivity index (χ4v) is 6.65. The largest absolute Gasteiger partial charge is 0.455 e. The Bertz CT molecular complexity index is 2390. The predicted octanol–water partition coefficient (Wildman–Crippen LogP) is 11.2. The van der Waals surface area contributed by atoms with Crippen LogP contribution in [0.25, 0.3) is 78.1 Å². The van der Waals surface area contributed by atoms with Crippen LogP contribution in [0.15, 0.2) is 144 Å². The Morgan fingerprint density at radius 1 is 0.532 bits per heavy atom. The average molecular weight is 608 g/mol. The van der Waals surface area contributed by atoms with E-state index in [1.54, 1.807) is 6.20 Å². The van der Waals surface area contributed by atoms with E-state index in [1.807, 2.05) is 24.4 Å². The van der Waals surface area contributed by atoms with Gasteiger partial charge in [-0.3, -0.25) is 4.98 Å². The Hall–Kier alpha value is -5.87. The number of benzene rings is 5. The summed E-state index contributed by atoms with van der Waals surface area (Å²) in [6.45, 7) is 4.40. The first kappa shape index (κ1) is 28.6. The molecule has 47 heavy (non-hydrogen) atoms. The highest BCUT2D eigenvalue weighted by Crippen LogP contribution is 2.39. The number of hydrogen-bond donors (Lipinski definition) is 0. The van der Waals surface area contributed by atoms with Crippen molar-refractivity contribution in [2.45, 2.75) is 26.7 Å². The lowest BCUT2D eigenvalue weighted by Gasteiger charge is -2.18. The summed E-state index contributed by atoms with van der Waals surface area (Å²) in [7, 11) is 0. The van der Waals surface area contributed by atoms with E-state index in [-0.39, 0.29) is 0 Å². The molecule has 3 aromatic heterocycles. The van der Waals surface area contributed by atoms with E-state index in [1.165, 1.54) is 5.56 Å². The number of para-hydroxylation sites is 2. The first-order chi connectivity index (χ1) is 23.2. The molecule has 0 unspecified atom stereocenters. The highest BCUT2D eigenvalue weighted by molar-refractivity contribution is 6.09. The topological polar surface area (TPSA) is 51.8 Å². The number of aryl methyl sites for hydroxylation is 1. The molecule has 226 valence electrons. The Morgan fingerprint density at radius 3 is 2.06 bits per heavy atom. The van der Waals surface area contributed by atoms with Gasteiger partial charge in [-0.05, 0) is 53.8 Å². The van der Waals surface area contributed by atoms with Gasteiger partial charge in [0.05, 0.1) is 11.4 Å². The molecular formula is C43H33N3O. The van der Waals surface area contributed by atoms with E-state index >= 15 is 0 Å². The van der Waals surface area contributed by atoms with Gasteiger partial charge in [0.25, 0.3) is 0 Å². The van der Waals surface area contributed by atoms with Crippen LogP contribution < -0.4 is 0 Å². The lowest BCUT2D eigenvalue weighted by atomic mass is 9.93. The summed E-state index contributed by atoms with van der Waals surface area (Å²) in [6.07, 6.45) is 5.43. The van der Waals surface area contributed by atoms with Gasteiger partial charge in [0, 0.05) is 56.5 Å². The molecular weight excluding hydrogens is 574 g/mol. The first-order valence-electron chi connectivity index (χ1n) is 16.2. The maximum atomic E-state index is 6.41. The van der Waals surface area contributed by atoms with Gasteiger partial charge in [0.1, 0.15) is 11.2 Å². The third-order valence-electron chi connectivity index (χ3n) is 8.98. The van der Waals surface area contributed by atoms with Crippen molar-refractivity contribution in [3.63, 3.8) is 0 Å². The van der Waals surface area contributed by atoms with Crippen LogP contribution in [-0.2, 0) is 12.8 Å². The van der Waals surface area contributed by atoms with E-state index in [4.69, 9.17) is 14.4 Å². The normalized spacial score (nSPS) is 11.4. The quantitative estimate of drug-likeness (QED) is 0.181. The molecule has 4 nitrogen and oxygen atoms in total. The second kappa shape index (κ2) is 12.1. The third-order valence-corrected chi connectivity index (χ3v) is 8.98. The number of pyridine rings is 1. The Labute approximate surface area is 274 Å². The zero-order chi connectivity index (χ0) is 31.7. The second-order valence-corrected chi connectivity index (χ2v) is 11.8. The minimum absolute atomic E-state index is 0.698. The van der Waals surface area contributed by atoms with E-state index in [2.05, 4.69) is 128 Å². The molecule has 0 bridgehead atoms. The van der Waals surface area contributed by atoms with E-state index < -0.39 is 0 Å². The standard InChI is InChI=1S/C43H33N3O/c1-3-28-13-5-6-19-35(28)41-34(4-2)40(31-16-9-14-29(25-31)33-18-12-24-44-27-33)45-43(46-41)32-17-10-15-30(26-32)36-21-11-22-38-37-20-7-8-23-39(37)47-42(36)38/h5-27H,3-4H2,1-2H3. The van der Waals surface area contributed by atoms with Crippen molar-refractivity contribution in [1.29, 1.82) is 0 Å². The summed E-state index contributed by atoms with van der Waals surface area (Å²) in [5.74, 6) is 0.698. The van der Waals surface area contributed by atoms with Crippen molar-refractivity contribution in [2.75, 3.05) is 0 Å². The average Bonchev–Trinajstić information content (AvgIpc) is 3.54. The SMILES string of the molecule is CCc1ccccc1-c1nc(-c2cccc(-c3cccc4c3oc3ccccc34)c2)nc(-c2cccc(-c3cccnc3)c2)c1CC. The molecule has 5 aromatic carbocycles. The van der Waals surface area contributed by atoms with Crippen LogP contribution in [0.1, 0.15) is 25.0 Å². The molecule has 0 spiro atoms. The van der Waals surface area contributed by atoms with E-state index in [0.717, 1.165) is 90.7 Å². The van der Waals surface area contributed by atoms with Gasteiger partial charge in [0.15, 0.2) is 5.82 Å². The van der Waals surface area contributed by atoms with Crippen LogP contribution in [0.2, 0.25) is 0 Å². The van der Waals surface area contributed by atoms with E-state index in [0.29, 0.717) is 5.82 Å². The maximum Gasteiger partial charge on any atom is 0.160 e. The van der Waals surface area contributed by atoms with Gasteiger partial charge in [-0.15, -0.1) is 0 Å². The molecule has 0 amide bonds. The summed E-state index contributed by atoms with van der Waals surface area (Å²) in [6, 6.07) is 44.4. The maximum absolute atomic E-state index is 6.41. The summed E-state index contributed by atoms with van der Waals surface area (Å²) < 4.78 is 6.41. The van der Waals surface area contributed by atoms with Crippen molar-refractivity contribution in [3.8, 4) is 56.2 Å². The molecule has 0 N–H and O–H groups in total. The van der Waals surface area contributed by atoms with Crippen LogP contribution in [0.5, 0.6) is 0 Å². The van der Waals surface area contributed by atoms with Crippen molar-refractivity contribution in [3.05, 3.63) is 151 Å². The molecule has 0 aliphatic rings. The van der Waals surface area contributed by atoms with Gasteiger partial charge in [-0.2, -0.15) is 0 Å². The first-order valence-corrected chi connectivity index (χ1v) is 16.2. The fraction of sp³-hybridized carbons (Fsp3) is 0.0930. The number of nitrogens with zero attached hydrogens (tertiary/aromatic N) is 3. The van der Waals surface area contributed by atoms with Gasteiger partial charge in [-0.25, -0.2) is 9.97 Å². The highest BCUT2D eigenvalue weighted by Gasteiger charge is 2.20. The molecule has 0 saturated carbocycles. The number of hydrogen-bond acceptors (Lipinski definition) is 4. The Morgan fingerprint density at radius 2 is 1.21 bits per heavy atom. The van der Waals surface area contributed by atoms with E-state index in [9.17, 15) is 0 Å². The lowest BCUT2D eigenvalue weighted by molar-refractivity contribution is 0.670. The molecule has 4 heteroatoms. The molecule has 0 aliphatic heterocycles. The summed E-state index contributed by atoms with van der Waals surface area (Å²) >= 11 is 0. The van der Waals surface area contributed by atoms with Crippen LogP contribution >= 0.6 is 0 Å². The fourth-order valence-electron chi connectivity index (χ4n) is 6.65. The summed E-state index contributed by atoms with van der Waals surface area (Å²) in [4.78, 5) is 15.0. The minimum atomic E-state index is 0.698. The van der Waals surface area contributed by atoms with Crippen LogP contribution in [-0.4, -0.2) is 15.0 Å². The summed E-state index contributed by atoms with van der Waals surface area (Å²) in [5, 5.41) is 2.23. The molecule has 3 heterocycles. The molecule has 0 atom stereocenters. The lowest BCUT2D eigenvalue weighted by Crippen LogP contribution is -2.04. The predicted molar refractivity (Wildman–Crippen MR) is 193 cm³/mol.